The average Bonchev–Trinajstić information content (AvgIpc) is 2.31. The summed E-state index contributed by atoms with van der Waals surface area (Å²) in [5, 5.41) is 3.59. The molecular weight excluding hydrogens is 200 g/mol. The first-order chi connectivity index (χ1) is 7.77. The van der Waals surface area contributed by atoms with E-state index in [2.05, 4.69) is 31.0 Å². The molecule has 0 saturated carbocycles. The molecule has 1 aliphatic rings. The van der Waals surface area contributed by atoms with Crippen LogP contribution in [0.1, 0.15) is 40.0 Å². The maximum absolute atomic E-state index is 5.52. The molecule has 1 N–H and O–H groups in total. The molecule has 0 bridgehead atoms. The average molecular weight is 228 g/mol. The van der Waals surface area contributed by atoms with Crippen LogP contribution in [-0.4, -0.2) is 49.8 Å². The molecule has 16 heavy (non-hydrogen) atoms. The zero-order chi connectivity index (χ0) is 11.8. The van der Waals surface area contributed by atoms with Gasteiger partial charge in [0.1, 0.15) is 0 Å². The third-order valence-corrected chi connectivity index (χ3v) is 3.36. The highest BCUT2D eigenvalue weighted by atomic mass is 16.5. The smallest absolute Gasteiger partial charge is 0.0478 e. The number of rotatable bonds is 7. The lowest BCUT2D eigenvalue weighted by Crippen LogP contribution is -2.55. The second-order valence-electron chi connectivity index (χ2n) is 4.82. The van der Waals surface area contributed by atoms with Gasteiger partial charge in [-0.05, 0) is 26.2 Å². The second-order valence-corrected chi connectivity index (χ2v) is 4.82. The second kappa shape index (κ2) is 8.04. The van der Waals surface area contributed by atoms with E-state index < -0.39 is 0 Å². The summed E-state index contributed by atoms with van der Waals surface area (Å²) in [4.78, 5) is 2.60. The van der Waals surface area contributed by atoms with Gasteiger partial charge in [-0.15, -0.1) is 0 Å². The fourth-order valence-corrected chi connectivity index (χ4v) is 2.20. The summed E-state index contributed by atoms with van der Waals surface area (Å²) in [6.45, 7) is 12.1. The molecule has 0 aromatic carbocycles. The predicted molar refractivity (Wildman–Crippen MR) is 68.8 cm³/mol. The number of hydrogen-bond donors (Lipinski definition) is 1. The van der Waals surface area contributed by atoms with E-state index in [1.54, 1.807) is 0 Å². The molecule has 1 saturated heterocycles. The van der Waals surface area contributed by atoms with E-state index in [0.717, 1.165) is 26.2 Å². The fourth-order valence-electron chi connectivity index (χ4n) is 2.20. The monoisotopic (exact) mass is 228 g/mol. The Morgan fingerprint density at radius 3 is 2.81 bits per heavy atom. The van der Waals surface area contributed by atoms with E-state index in [9.17, 15) is 0 Å². The molecule has 0 amide bonds. The van der Waals surface area contributed by atoms with Crippen LogP contribution in [0.3, 0.4) is 0 Å². The summed E-state index contributed by atoms with van der Waals surface area (Å²) in [5.74, 6) is 0. The maximum atomic E-state index is 5.52. The lowest BCUT2D eigenvalue weighted by molar-refractivity contribution is 0.0968. The molecule has 1 aliphatic heterocycles. The first-order valence-corrected chi connectivity index (χ1v) is 6.83. The van der Waals surface area contributed by atoms with Crippen molar-refractivity contribution in [1.82, 2.24) is 10.2 Å². The number of nitrogens with zero attached hydrogens (tertiary/aromatic N) is 1. The normalized spacial score (nSPS) is 27.2. The summed E-state index contributed by atoms with van der Waals surface area (Å²) >= 11 is 0. The number of piperazine rings is 1. The minimum Gasteiger partial charge on any atom is -0.381 e. The zero-order valence-corrected chi connectivity index (χ0v) is 11.2. The number of nitrogens with one attached hydrogen (secondary N) is 1. The zero-order valence-electron chi connectivity index (χ0n) is 11.2. The Morgan fingerprint density at radius 1 is 1.31 bits per heavy atom. The van der Waals surface area contributed by atoms with Gasteiger partial charge in [-0.25, -0.2) is 0 Å². The summed E-state index contributed by atoms with van der Waals surface area (Å²) in [5.41, 5.74) is 0. The molecule has 2 atom stereocenters. The lowest BCUT2D eigenvalue weighted by Gasteiger charge is -2.38. The van der Waals surface area contributed by atoms with Gasteiger partial charge >= 0.3 is 0 Å². The van der Waals surface area contributed by atoms with Gasteiger partial charge in [0.05, 0.1) is 0 Å². The van der Waals surface area contributed by atoms with Crippen LogP contribution in [0.5, 0.6) is 0 Å². The van der Waals surface area contributed by atoms with Gasteiger partial charge in [-0.2, -0.15) is 0 Å². The van der Waals surface area contributed by atoms with E-state index in [1.165, 1.54) is 25.9 Å². The van der Waals surface area contributed by atoms with Crippen LogP contribution in [0, 0.1) is 0 Å². The van der Waals surface area contributed by atoms with Gasteiger partial charge in [0.2, 0.25) is 0 Å². The SMILES string of the molecule is CCCOCCCN1CC(CC)NCC1C. The highest BCUT2D eigenvalue weighted by molar-refractivity contribution is 4.82. The molecule has 3 heteroatoms. The first-order valence-electron chi connectivity index (χ1n) is 6.83. The van der Waals surface area contributed by atoms with Crippen molar-refractivity contribution in [2.45, 2.75) is 52.1 Å². The van der Waals surface area contributed by atoms with E-state index in [4.69, 9.17) is 4.74 Å². The highest BCUT2D eigenvalue weighted by Crippen LogP contribution is 2.09. The Balaban J connectivity index is 2.13. The molecule has 1 heterocycles. The third kappa shape index (κ3) is 4.81. The van der Waals surface area contributed by atoms with Gasteiger partial charge in [-0.1, -0.05) is 13.8 Å². The summed E-state index contributed by atoms with van der Waals surface area (Å²) in [6, 6.07) is 1.36. The molecule has 3 nitrogen and oxygen atoms in total. The Kier molecular flexibility index (Phi) is 7.01. The first kappa shape index (κ1) is 13.9. The van der Waals surface area contributed by atoms with Crippen molar-refractivity contribution in [3.63, 3.8) is 0 Å². The summed E-state index contributed by atoms with van der Waals surface area (Å²) in [6.07, 6.45) is 3.53. The van der Waals surface area contributed by atoms with Crippen LogP contribution < -0.4 is 5.32 Å². The molecular formula is C13H28N2O. The van der Waals surface area contributed by atoms with E-state index in [1.807, 2.05) is 0 Å². The molecule has 0 aliphatic carbocycles. The van der Waals surface area contributed by atoms with Gasteiger partial charge in [0.15, 0.2) is 0 Å². The molecule has 0 spiro atoms. The van der Waals surface area contributed by atoms with Crippen molar-refractivity contribution in [2.75, 3.05) is 32.8 Å². The van der Waals surface area contributed by atoms with Crippen LogP contribution in [0.2, 0.25) is 0 Å². The summed E-state index contributed by atoms with van der Waals surface area (Å²) in [7, 11) is 0. The minimum absolute atomic E-state index is 0.675. The molecule has 1 fully saturated rings. The fraction of sp³-hybridized carbons (Fsp3) is 1.00. The predicted octanol–water partition coefficient (Wildman–Crippen LogP) is 1.88. The van der Waals surface area contributed by atoms with Crippen LogP contribution >= 0.6 is 0 Å². The van der Waals surface area contributed by atoms with Gasteiger partial charge in [0.25, 0.3) is 0 Å². The Morgan fingerprint density at radius 2 is 2.12 bits per heavy atom. The highest BCUT2D eigenvalue weighted by Gasteiger charge is 2.22. The van der Waals surface area contributed by atoms with Crippen molar-refractivity contribution in [1.29, 1.82) is 0 Å². The molecule has 1 rings (SSSR count). The Bertz CT molecular complexity index is 175. The van der Waals surface area contributed by atoms with E-state index in [0.29, 0.717) is 12.1 Å². The van der Waals surface area contributed by atoms with Crippen LogP contribution in [0.25, 0.3) is 0 Å². The Hall–Kier alpha value is -0.120. The van der Waals surface area contributed by atoms with Crippen molar-refractivity contribution >= 4 is 0 Å². The molecule has 96 valence electrons. The molecule has 2 unspecified atom stereocenters. The van der Waals surface area contributed by atoms with Crippen molar-refractivity contribution < 1.29 is 4.74 Å². The van der Waals surface area contributed by atoms with Crippen LogP contribution in [0.15, 0.2) is 0 Å². The van der Waals surface area contributed by atoms with Crippen molar-refractivity contribution in [3.8, 4) is 0 Å². The van der Waals surface area contributed by atoms with Crippen molar-refractivity contribution in [3.05, 3.63) is 0 Å². The van der Waals surface area contributed by atoms with Crippen LogP contribution in [-0.2, 0) is 4.74 Å². The van der Waals surface area contributed by atoms with Crippen LogP contribution in [0.4, 0.5) is 0 Å². The molecule has 0 aromatic rings. The lowest BCUT2D eigenvalue weighted by atomic mass is 10.1. The van der Waals surface area contributed by atoms with E-state index in [-0.39, 0.29) is 0 Å². The maximum Gasteiger partial charge on any atom is 0.0478 e. The third-order valence-electron chi connectivity index (χ3n) is 3.36. The molecule has 0 radical (unpaired) electrons. The van der Waals surface area contributed by atoms with Gasteiger partial charge < -0.3 is 10.1 Å². The standard InChI is InChI=1S/C13H28N2O/c1-4-8-16-9-6-7-15-11-13(5-2)14-10-12(15)3/h12-14H,4-11H2,1-3H3. The topological polar surface area (TPSA) is 24.5 Å². The Labute approximate surface area is 101 Å². The minimum atomic E-state index is 0.675. The largest absolute Gasteiger partial charge is 0.381 e. The molecule has 0 aromatic heterocycles. The van der Waals surface area contributed by atoms with Gasteiger partial charge in [-0.3, -0.25) is 4.90 Å². The number of hydrogen-bond acceptors (Lipinski definition) is 3. The summed E-state index contributed by atoms with van der Waals surface area (Å²) < 4.78 is 5.52. The van der Waals surface area contributed by atoms with Crippen molar-refractivity contribution in [2.24, 2.45) is 0 Å². The van der Waals surface area contributed by atoms with E-state index >= 15 is 0 Å². The van der Waals surface area contributed by atoms with Gasteiger partial charge in [0, 0.05) is 44.9 Å². The quantitative estimate of drug-likeness (QED) is 0.673. The number of ether oxygens (including phenoxy) is 1.